The molecule has 11 nitrogen and oxygen atoms in total. The van der Waals surface area contributed by atoms with E-state index >= 15 is 0 Å². The van der Waals surface area contributed by atoms with E-state index in [1.807, 2.05) is 39.0 Å². The van der Waals surface area contributed by atoms with Crippen molar-refractivity contribution < 1.29 is 22.9 Å². The SMILES string of the molecule is CCC(C)NS(=O)(=O)c1cc([N+](=O)[O-])ccc1Oc1c(C)c(C(=O)N2CCCC2)nn1-c1cccc(C)c1C. The standard InChI is InChI=1S/C27H33N5O6S/c1-6-18(3)29-39(36,37)24-16-21(32(34)35)12-13-23(24)38-27-20(5)25(26(33)30-14-7-8-15-30)28-31(27)22-11-9-10-17(2)19(22)4/h9-13,16,18,29H,6-8,14-15H2,1-5H3. The molecule has 2 heterocycles. The number of likely N-dealkylation sites (tertiary alicyclic amines) is 1. The second-order valence-electron chi connectivity index (χ2n) is 9.83. The minimum absolute atomic E-state index is 0.119. The molecule has 1 N–H and O–H groups in total. The number of nitrogens with one attached hydrogen (secondary N) is 1. The van der Waals surface area contributed by atoms with E-state index in [-0.39, 0.29) is 28.1 Å². The van der Waals surface area contributed by atoms with Gasteiger partial charge in [-0.2, -0.15) is 9.78 Å². The van der Waals surface area contributed by atoms with E-state index in [2.05, 4.69) is 9.82 Å². The lowest BCUT2D eigenvalue weighted by Gasteiger charge is -2.17. The van der Waals surface area contributed by atoms with Crippen molar-refractivity contribution in [3.8, 4) is 17.3 Å². The van der Waals surface area contributed by atoms with Crippen LogP contribution in [0.5, 0.6) is 11.6 Å². The maximum atomic E-state index is 13.4. The van der Waals surface area contributed by atoms with Gasteiger partial charge in [-0.3, -0.25) is 14.9 Å². The summed E-state index contributed by atoms with van der Waals surface area (Å²) in [6.07, 6.45) is 2.35. The highest BCUT2D eigenvalue weighted by atomic mass is 32.2. The molecule has 1 fully saturated rings. The Labute approximate surface area is 228 Å². The number of benzene rings is 2. The van der Waals surface area contributed by atoms with E-state index in [4.69, 9.17) is 4.74 Å². The first kappa shape index (κ1) is 28.2. The zero-order valence-corrected chi connectivity index (χ0v) is 23.5. The number of nitrogens with zero attached hydrogens (tertiary/aromatic N) is 4. The van der Waals surface area contributed by atoms with Crippen molar-refractivity contribution >= 4 is 21.6 Å². The molecule has 1 unspecified atom stereocenters. The fourth-order valence-electron chi connectivity index (χ4n) is 4.42. The van der Waals surface area contributed by atoms with Crippen LogP contribution >= 0.6 is 0 Å². The van der Waals surface area contributed by atoms with Crippen molar-refractivity contribution in [1.82, 2.24) is 19.4 Å². The number of amides is 1. The van der Waals surface area contributed by atoms with Crippen LogP contribution in [0.2, 0.25) is 0 Å². The molecule has 1 aromatic heterocycles. The Morgan fingerprint density at radius 3 is 2.49 bits per heavy atom. The van der Waals surface area contributed by atoms with E-state index in [0.29, 0.717) is 30.8 Å². The normalized spacial score (nSPS) is 14.4. The molecule has 0 saturated carbocycles. The zero-order chi connectivity index (χ0) is 28.5. The number of nitro benzene ring substituents is 1. The summed E-state index contributed by atoms with van der Waals surface area (Å²) in [5, 5.41) is 16.1. The number of aryl methyl sites for hydroxylation is 1. The van der Waals surface area contributed by atoms with Gasteiger partial charge in [0.05, 0.1) is 10.6 Å². The Morgan fingerprint density at radius 2 is 1.85 bits per heavy atom. The Bertz CT molecular complexity index is 1530. The highest BCUT2D eigenvalue weighted by molar-refractivity contribution is 7.89. The van der Waals surface area contributed by atoms with Crippen LogP contribution in [0.1, 0.15) is 60.3 Å². The smallest absolute Gasteiger partial charge is 0.274 e. The molecular weight excluding hydrogens is 522 g/mol. The quantitative estimate of drug-likeness (QED) is 0.295. The van der Waals surface area contributed by atoms with E-state index in [9.17, 15) is 23.3 Å². The molecule has 0 bridgehead atoms. The summed E-state index contributed by atoms with van der Waals surface area (Å²) in [6, 6.07) is 8.65. The number of carbonyl (C=O) groups excluding carboxylic acids is 1. The van der Waals surface area contributed by atoms with Gasteiger partial charge in [-0.1, -0.05) is 19.1 Å². The fraction of sp³-hybridized carbons (Fsp3) is 0.407. The molecule has 0 aliphatic carbocycles. The average molecular weight is 556 g/mol. The largest absolute Gasteiger partial charge is 0.437 e. The van der Waals surface area contributed by atoms with Crippen LogP contribution in [0.25, 0.3) is 5.69 Å². The summed E-state index contributed by atoms with van der Waals surface area (Å²) < 4.78 is 36.9. The van der Waals surface area contributed by atoms with Crippen LogP contribution in [0.4, 0.5) is 5.69 Å². The molecule has 1 atom stereocenters. The number of sulfonamides is 1. The predicted molar refractivity (Wildman–Crippen MR) is 146 cm³/mol. The first-order valence-corrected chi connectivity index (χ1v) is 14.4. The number of carbonyl (C=O) groups is 1. The lowest BCUT2D eigenvalue weighted by atomic mass is 10.1. The first-order valence-electron chi connectivity index (χ1n) is 12.9. The van der Waals surface area contributed by atoms with Crippen LogP contribution < -0.4 is 9.46 Å². The maximum Gasteiger partial charge on any atom is 0.274 e. The maximum absolute atomic E-state index is 13.4. The number of aromatic nitrogens is 2. The van der Waals surface area contributed by atoms with Crippen LogP contribution in [0, 0.1) is 30.9 Å². The van der Waals surface area contributed by atoms with Gasteiger partial charge in [0.2, 0.25) is 15.9 Å². The van der Waals surface area contributed by atoms with Crippen LogP contribution in [-0.4, -0.2) is 53.1 Å². The van der Waals surface area contributed by atoms with E-state index in [1.165, 1.54) is 16.8 Å². The molecule has 1 saturated heterocycles. The summed E-state index contributed by atoms with van der Waals surface area (Å²) in [7, 11) is -4.19. The molecule has 39 heavy (non-hydrogen) atoms. The lowest BCUT2D eigenvalue weighted by Crippen LogP contribution is -2.32. The summed E-state index contributed by atoms with van der Waals surface area (Å²) >= 11 is 0. The zero-order valence-electron chi connectivity index (χ0n) is 22.7. The summed E-state index contributed by atoms with van der Waals surface area (Å²) in [4.78, 5) is 25.6. The number of hydrogen-bond acceptors (Lipinski definition) is 7. The van der Waals surface area contributed by atoms with Gasteiger partial charge in [-0.05, 0) is 70.2 Å². The number of ether oxygens (including phenoxy) is 1. The molecule has 208 valence electrons. The molecule has 0 radical (unpaired) electrons. The third kappa shape index (κ3) is 5.66. The van der Waals surface area contributed by atoms with Crippen molar-refractivity contribution in [2.75, 3.05) is 13.1 Å². The van der Waals surface area contributed by atoms with Crippen LogP contribution in [0.3, 0.4) is 0 Å². The van der Waals surface area contributed by atoms with Gasteiger partial charge < -0.3 is 9.64 Å². The average Bonchev–Trinajstić information content (AvgIpc) is 3.54. The summed E-state index contributed by atoms with van der Waals surface area (Å²) in [5.41, 5.74) is 2.81. The molecule has 1 aliphatic heterocycles. The fourth-order valence-corrected chi connectivity index (χ4v) is 5.90. The molecule has 3 aromatic rings. The van der Waals surface area contributed by atoms with Crippen LogP contribution in [0.15, 0.2) is 41.3 Å². The minimum atomic E-state index is -4.19. The highest BCUT2D eigenvalue weighted by Crippen LogP contribution is 2.37. The number of non-ortho nitro benzene ring substituents is 1. The van der Waals surface area contributed by atoms with E-state index < -0.39 is 26.7 Å². The molecule has 0 spiro atoms. The number of nitro groups is 1. The Balaban J connectivity index is 1.90. The predicted octanol–water partition coefficient (Wildman–Crippen LogP) is 4.81. The van der Waals surface area contributed by atoms with E-state index in [0.717, 1.165) is 30.0 Å². The van der Waals surface area contributed by atoms with Crippen molar-refractivity contribution in [2.24, 2.45) is 0 Å². The van der Waals surface area contributed by atoms with Gasteiger partial charge in [-0.25, -0.2) is 13.1 Å². The molecule has 12 heteroatoms. The summed E-state index contributed by atoms with van der Waals surface area (Å²) in [5.74, 6) is -0.194. The van der Waals surface area contributed by atoms with Crippen molar-refractivity contribution in [3.63, 3.8) is 0 Å². The van der Waals surface area contributed by atoms with Crippen molar-refractivity contribution in [3.05, 3.63) is 68.9 Å². The molecule has 1 amide bonds. The monoisotopic (exact) mass is 555 g/mol. The van der Waals surface area contributed by atoms with Gasteiger partial charge in [0.25, 0.3) is 11.6 Å². The number of rotatable bonds is 9. The van der Waals surface area contributed by atoms with E-state index in [1.54, 1.807) is 18.7 Å². The second kappa shape index (κ2) is 11.1. The topological polar surface area (TPSA) is 137 Å². The Morgan fingerprint density at radius 1 is 1.15 bits per heavy atom. The highest BCUT2D eigenvalue weighted by Gasteiger charge is 2.31. The Kier molecular flexibility index (Phi) is 8.07. The third-order valence-electron chi connectivity index (χ3n) is 7.07. The second-order valence-corrected chi connectivity index (χ2v) is 11.5. The van der Waals surface area contributed by atoms with Crippen molar-refractivity contribution in [1.29, 1.82) is 0 Å². The minimum Gasteiger partial charge on any atom is -0.437 e. The van der Waals surface area contributed by atoms with Gasteiger partial charge in [-0.15, -0.1) is 0 Å². The molecule has 4 rings (SSSR count). The Hall–Kier alpha value is -3.77. The molecule has 2 aromatic carbocycles. The molecular formula is C27H33N5O6S. The first-order chi connectivity index (χ1) is 18.4. The number of hydrogen-bond donors (Lipinski definition) is 1. The molecule has 1 aliphatic rings. The third-order valence-corrected chi connectivity index (χ3v) is 8.68. The van der Waals surface area contributed by atoms with Crippen LogP contribution in [-0.2, 0) is 10.0 Å². The van der Waals surface area contributed by atoms with Gasteiger partial charge in [0.15, 0.2) is 5.69 Å². The van der Waals surface area contributed by atoms with Gasteiger partial charge >= 0.3 is 0 Å². The van der Waals surface area contributed by atoms with Crippen molar-refractivity contribution in [2.45, 2.75) is 64.8 Å². The van der Waals surface area contributed by atoms with Gasteiger partial charge in [0, 0.05) is 36.8 Å². The van der Waals surface area contributed by atoms with Gasteiger partial charge in [0.1, 0.15) is 10.6 Å². The lowest BCUT2D eigenvalue weighted by molar-refractivity contribution is -0.385. The summed E-state index contributed by atoms with van der Waals surface area (Å²) in [6.45, 7) is 10.4.